The maximum absolute atomic E-state index is 15.1. The van der Waals surface area contributed by atoms with Crippen LogP contribution in [0, 0.1) is 11.3 Å². The number of likely N-dealkylation sites (tertiary alicyclic amines) is 1. The van der Waals surface area contributed by atoms with Gasteiger partial charge in [0.25, 0.3) is 0 Å². The second-order valence-corrected chi connectivity index (χ2v) is 9.85. The first-order valence-corrected chi connectivity index (χ1v) is 11.9. The van der Waals surface area contributed by atoms with Crippen LogP contribution in [-0.2, 0) is 6.54 Å². The second-order valence-electron chi connectivity index (χ2n) is 9.85. The summed E-state index contributed by atoms with van der Waals surface area (Å²) >= 11 is 0. The van der Waals surface area contributed by atoms with Crippen LogP contribution in [0.25, 0.3) is 16.6 Å². The van der Waals surface area contributed by atoms with Crippen molar-refractivity contribution in [1.29, 1.82) is 5.26 Å². The van der Waals surface area contributed by atoms with Crippen molar-refractivity contribution >= 4 is 5.52 Å². The Morgan fingerprint density at radius 1 is 1.19 bits per heavy atom. The molecule has 10 nitrogen and oxygen atoms in total. The zero-order valence-corrected chi connectivity index (χ0v) is 20.9. The van der Waals surface area contributed by atoms with Crippen LogP contribution in [0.5, 0.6) is 11.6 Å². The molecule has 1 aliphatic rings. The van der Waals surface area contributed by atoms with Crippen molar-refractivity contribution in [2.24, 2.45) is 0 Å². The quantitative estimate of drug-likeness (QED) is 0.389. The van der Waals surface area contributed by atoms with Gasteiger partial charge in [-0.2, -0.15) is 15.5 Å². The van der Waals surface area contributed by atoms with E-state index in [0.29, 0.717) is 46.9 Å². The number of aliphatic hydroxyl groups is 1. The van der Waals surface area contributed by atoms with Gasteiger partial charge in [-0.15, -0.1) is 0 Å². The molecule has 0 saturated carbocycles. The monoisotopic (exact) mass is 505 g/mol. The average Bonchev–Trinajstić information content (AvgIpc) is 3.60. The molecule has 4 aromatic heterocycles. The number of aromatic nitrogens is 5. The van der Waals surface area contributed by atoms with Gasteiger partial charge in [0, 0.05) is 49.2 Å². The fourth-order valence-corrected chi connectivity index (χ4v) is 4.48. The number of nitrogens with zero attached hydrogens (tertiary/aromatic N) is 7. The van der Waals surface area contributed by atoms with Crippen LogP contribution in [0.3, 0.4) is 0 Å². The Hall–Kier alpha value is -4.01. The summed E-state index contributed by atoms with van der Waals surface area (Å²) in [4.78, 5) is 6.26. The van der Waals surface area contributed by atoms with Gasteiger partial charge in [-0.25, -0.2) is 13.9 Å². The first-order chi connectivity index (χ1) is 17.7. The molecule has 5 heterocycles. The molecule has 11 heteroatoms. The molecule has 0 radical (unpaired) electrons. The van der Waals surface area contributed by atoms with E-state index in [9.17, 15) is 10.4 Å². The lowest BCUT2D eigenvalue weighted by molar-refractivity contribution is 0.0283. The summed E-state index contributed by atoms with van der Waals surface area (Å²) in [6.07, 6.45) is 7.25. The van der Waals surface area contributed by atoms with Crippen molar-refractivity contribution < 1.29 is 19.0 Å². The number of rotatable bonds is 8. The largest absolute Gasteiger partial charge is 0.489 e. The van der Waals surface area contributed by atoms with Crippen LogP contribution >= 0.6 is 0 Å². The third-order valence-corrected chi connectivity index (χ3v) is 6.26. The molecule has 0 aliphatic carbocycles. The molecular formula is C26H28FN7O3. The molecule has 1 aliphatic heterocycles. The van der Waals surface area contributed by atoms with E-state index in [2.05, 4.69) is 21.3 Å². The standard InChI is InChI=1S/C26H28FN7O3/c1-26(2,35)16-37-20-6-21(25-18(7-28)9-31-34(25)13-20)19-10-30-33(12-19)23-15-32(14-22(23)27)11-17-4-5-24(36-3)29-8-17/h4-6,8-10,12-13,22-23,35H,11,14-16H2,1-3H3/t22-,23+/m1/s1. The average molecular weight is 506 g/mol. The molecule has 2 atom stereocenters. The molecule has 0 unspecified atom stereocenters. The normalized spacial score (nSPS) is 18.3. The molecule has 37 heavy (non-hydrogen) atoms. The maximum Gasteiger partial charge on any atom is 0.212 e. The highest BCUT2D eigenvalue weighted by Crippen LogP contribution is 2.33. The van der Waals surface area contributed by atoms with E-state index in [1.54, 1.807) is 67.1 Å². The number of hydrogen-bond donors (Lipinski definition) is 1. The molecule has 4 aromatic rings. The van der Waals surface area contributed by atoms with Crippen molar-refractivity contribution in [2.45, 2.75) is 38.2 Å². The Morgan fingerprint density at radius 2 is 2.03 bits per heavy atom. The van der Waals surface area contributed by atoms with Gasteiger partial charge in [0.2, 0.25) is 5.88 Å². The summed E-state index contributed by atoms with van der Waals surface area (Å²) in [7, 11) is 1.57. The maximum atomic E-state index is 15.1. The smallest absolute Gasteiger partial charge is 0.212 e. The fraction of sp³-hybridized carbons (Fsp3) is 0.385. The van der Waals surface area contributed by atoms with Crippen LogP contribution in [0.4, 0.5) is 4.39 Å². The third-order valence-electron chi connectivity index (χ3n) is 6.26. The lowest BCUT2D eigenvalue weighted by atomic mass is 10.1. The Balaban J connectivity index is 1.40. The molecule has 192 valence electrons. The molecular weight excluding hydrogens is 477 g/mol. The second kappa shape index (κ2) is 9.80. The van der Waals surface area contributed by atoms with Gasteiger partial charge >= 0.3 is 0 Å². The van der Waals surface area contributed by atoms with Crippen molar-refractivity contribution in [3.05, 3.63) is 60.3 Å². The van der Waals surface area contributed by atoms with Crippen molar-refractivity contribution in [3.8, 4) is 28.8 Å². The first-order valence-electron chi connectivity index (χ1n) is 11.9. The highest BCUT2D eigenvalue weighted by molar-refractivity contribution is 5.84. The Bertz CT molecular complexity index is 1440. The van der Waals surface area contributed by atoms with Gasteiger partial charge in [-0.3, -0.25) is 9.58 Å². The van der Waals surface area contributed by atoms with Gasteiger partial charge in [0.15, 0.2) is 0 Å². The summed E-state index contributed by atoms with van der Waals surface area (Å²) in [5.74, 6) is 1.02. The number of methoxy groups -OCH3 is 1. The third kappa shape index (κ3) is 5.26. The van der Waals surface area contributed by atoms with Crippen molar-refractivity contribution in [3.63, 3.8) is 0 Å². The number of halogens is 1. The molecule has 1 N–H and O–H groups in total. The van der Waals surface area contributed by atoms with Gasteiger partial charge in [0.1, 0.15) is 24.6 Å². The van der Waals surface area contributed by atoms with E-state index >= 15 is 4.39 Å². The van der Waals surface area contributed by atoms with Crippen LogP contribution in [0.1, 0.15) is 31.0 Å². The van der Waals surface area contributed by atoms with Gasteiger partial charge in [-0.1, -0.05) is 6.07 Å². The van der Waals surface area contributed by atoms with Gasteiger partial charge in [0.05, 0.1) is 48.4 Å². The number of hydrogen-bond acceptors (Lipinski definition) is 8. The Morgan fingerprint density at radius 3 is 2.73 bits per heavy atom. The van der Waals surface area contributed by atoms with E-state index in [0.717, 1.165) is 5.56 Å². The molecule has 0 spiro atoms. The van der Waals surface area contributed by atoms with Crippen LogP contribution in [0.15, 0.2) is 49.2 Å². The highest BCUT2D eigenvalue weighted by Gasteiger charge is 2.35. The van der Waals surface area contributed by atoms with E-state index < -0.39 is 17.8 Å². The summed E-state index contributed by atoms with van der Waals surface area (Å²) in [5, 5.41) is 28.4. The minimum atomic E-state index is -1.09. The molecule has 1 saturated heterocycles. The van der Waals surface area contributed by atoms with Crippen LogP contribution < -0.4 is 9.47 Å². The fourth-order valence-electron chi connectivity index (χ4n) is 4.48. The number of alkyl halides is 1. The summed E-state index contributed by atoms with van der Waals surface area (Å²) < 4.78 is 29.2. The van der Waals surface area contributed by atoms with Crippen molar-refractivity contribution in [1.82, 2.24) is 29.3 Å². The lowest BCUT2D eigenvalue weighted by Gasteiger charge is -2.18. The van der Waals surface area contributed by atoms with E-state index in [1.165, 1.54) is 6.20 Å². The van der Waals surface area contributed by atoms with Gasteiger partial charge < -0.3 is 14.6 Å². The van der Waals surface area contributed by atoms with Crippen LogP contribution in [-0.4, -0.2) is 73.0 Å². The minimum Gasteiger partial charge on any atom is -0.489 e. The molecule has 0 amide bonds. The van der Waals surface area contributed by atoms with Crippen LogP contribution in [0.2, 0.25) is 0 Å². The Labute approximate surface area is 213 Å². The number of fused-ring (bicyclic) bond motifs is 1. The Kier molecular flexibility index (Phi) is 6.54. The predicted octanol–water partition coefficient (Wildman–Crippen LogP) is 3.02. The summed E-state index contributed by atoms with van der Waals surface area (Å²) in [6.45, 7) is 4.74. The van der Waals surface area contributed by atoms with E-state index in [-0.39, 0.29) is 13.2 Å². The first kappa shape index (κ1) is 24.7. The number of pyridine rings is 2. The summed E-state index contributed by atoms with van der Waals surface area (Å²) in [6, 6.07) is 7.22. The number of nitriles is 1. The van der Waals surface area contributed by atoms with Crippen molar-refractivity contribution in [2.75, 3.05) is 26.8 Å². The van der Waals surface area contributed by atoms with Gasteiger partial charge in [-0.05, 0) is 25.5 Å². The SMILES string of the molecule is COc1ccc(CN2C[C@@H](F)[C@@H](n3cc(-c4cc(OCC(C)(C)O)cn5ncc(C#N)c45)cn3)C2)cn1. The lowest BCUT2D eigenvalue weighted by Crippen LogP contribution is -2.27. The number of ether oxygens (including phenoxy) is 2. The molecule has 1 fully saturated rings. The zero-order chi connectivity index (χ0) is 26.2. The van der Waals surface area contributed by atoms with E-state index in [4.69, 9.17) is 9.47 Å². The van der Waals surface area contributed by atoms with E-state index in [1.807, 2.05) is 11.0 Å². The highest BCUT2D eigenvalue weighted by atomic mass is 19.1. The molecule has 0 aromatic carbocycles. The molecule has 0 bridgehead atoms. The summed E-state index contributed by atoms with van der Waals surface area (Å²) in [5.41, 5.74) is 2.36. The minimum absolute atomic E-state index is 0.0781. The predicted molar refractivity (Wildman–Crippen MR) is 133 cm³/mol. The topological polar surface area (TPSA) is 114 Å². The zero-order valence-electron chi connectivity index (χ0n) is 20.9. The molecule has 5 rings (SSSR count).